The molecule has 5 heteroatoms. The van der Waals surface area contributed by atoms with Crippen LogP contribution in [0, 0.1) is 0 Å². The maximum absolute atomic E-state index is 5.20. The second-order valence-electron chi connectivity index (χ2n) is 3.62. The van der Waals surface area contributed by atoms with E-state index in [1.807, 2.05) is 30.3 Å². The molecule has 84 valence electrons. The molecule has 0 spiro atoms. The van der Waals surface area contributed by atoms with Crippen LogP contribution in [0.2, 0.25) is 0 Å². The zero-order chi connectivity index (χ0) is 10.1. The van der Waals surface area contributed by atoms with Crippen molar-refractivity contribution in [1.82, 2.24) is 15.5 Å². The van der Waals surface area contributed by atoms with Crippen molar-refractivity contribution in [2.45, 2.75) is 12.5 Å². The summed E-state index contributed by atoms with van der Waals surface area (Å²) in [4.78, 5) is 4.36. The molecule has 0 amide bonds. The molecule has 1 saturated heterocycles. The monoisotopic (exact) mass is 237 g/mol. The number of hydrogen-bond donors (Lipinski definition) is 1. The highest BCUT2D eigenvalue weighted by molar-refractivity contribution is 5.85. The van der Waals surface area contributed by atoms with Crippen molar-refractivity contribution < 1.29 is 4.52 Å². The minimum absolute atomic E-state index is 0. The van der Waals surface area contributed by atoms with Crippen molar-refractivity contribution in [3.8, 4) is 11.4 Å². The van der Waals surface area contributed by atoms with E-state index in [-0.39, 0.29) is 18.4 Å². The third-order valence-electron chi connectivity index (χ3n) is 2.60. The number of benzene rings is 1. The molecule has 0 bridgehead atoms. The van der Waals surface area contributed by atoms with Gasteiger partial charge < -0.3 is 9.84 Å². The lowest BCUT2D eigenvalue weighted by Gasteiger charge is -2.23. The fourth-order valence-electron chi connectivity index (χ4n) is 1.58. The molecule has 1 atom stereocenters. The highest BCUT2D eigenvalue weighted by Crippen LogP contribution is 2.23. The summed E-state index contributed by atoms with van der Waals surface area (Å²) in [7, 11) is 0. The van der Waals surface area contributed by atoms with Gasteiger partial charge in [0, 0.05) is 5.56 Å². The van der Waals surface area contributed by atoms with E-state index >= 15 is 0 Å². The van der Waals surface area contributed by atoms with Crippen molar-refractivity contribution in [3.05, 3.63) is 36.2 Å². The van der Waals surface area contributed by atoms with Crippen LogP contribution in [0.4, 0.5) is 0 Å². The molecule has 1 aliphatic rings. The van der Waals surface area contributed by atoms with Gasteiger partial charge in [-0.2, -0.15) is 4.98 Å². The standard InChI is InChI=1S/C11H11N3O.ClH/c1-2-4-8(5-3-1)10-13-11(15-14-10)9-6-7-12-9;/h1-5,9,12H,6-7H2;1H/t9-;/m1./s1. The van der Waals surface area contributed by atoms with Gasteiger partial charge in [-0.3, -0.25) is 0 Å². The number of nitrogens with one attached hydrogen (secondary N) is 1. The largest absolute Gasteiger partial charge is 0.337 e. The van der Waals surface area contributed by atoms with Gasteiger partial charge in [0.25, 0.3) is 0 Å². The van der Waals surface area contributed by atoms with E-state index in [0.717, 1.165) is 18.5 Å². The average Bonchev–Trinajstić information content (AvgIpc) is 2.66. The van der Waals surface area contributed by atoms with E-state index in [1.165, 1.54) is 0 Å². The Balaban J connectivity index is 0.000000963. The summed E-state index contributed by atoms with van der Waals surface area (Å²) in [5, 5.41) is 7.19. The molecule has 2 aromatic rings. The molecule has 4 nitrogen and oxygen atoms in total. The summed E-state index contributed by atoms with van der Waals surface area (Å²) in [6, 6.07) is 10.1. The van der Waals surface area contributed by atoms with Crippen LogP contribution < -0.4 is 5.32 Å². The van der Waals surface area contributed by atoms with Crippen LogP contribution in [0.15, 0.2) is 34.9 Å². The summed E-state index contributed by atoms with van der Waals surface area (Å²) in [6.45, 7) is 1.04. The number of halogens is 1. The molecular weight excluding hydrogens is 226 g/mol. The summed E-state index contributed by atoms with van der Waals surface area (Å²) in [5.74, 6) is 1.36. The van der Waals surface area contributed by atoms with Gasteiger partial charge in [0.05, 0.1) is 6.04 Å². The van der Waals surface area contributed by atoms with Crippen LogP contribution in [-0.4, -0.2) is 16.7 Å². The van der Waals surface area contributed by atoms with Gasteiger partial charge in [-0.05, 0) is 13.0 Å². The summed E-state index contributed by atoms with van der Waals surface area (Å²) >= 11 is 0. The Morgan fingerprint density at radius 1 is 1.25 bits per heavy atom. The highest BCUT2D eigenvalue weighted by Gasteiger charge is 2.24. The van der Waals surface area contributed by atoms with Crippen molar-refractivity contribution >= 4 is 12.4 Å². The van der Waals surface area contributed by atoms with E-state index in [4.69, 9.17) is 4.52 Å². The summed E-state index contributed by atoms with van der Waals surface area (Å²) < 4.78 is 5.20. The van der Waals surface area contributed by atoms with Gasteiger partial charge in [-0.15, -0.1) is 12.4 Å². The predicted molar refractivity (Wildman–Crippen MR) is 62.3 cm³/mol. The fourth-order valence-corrected chi connectivity index (χ4v) is 1.58. The zero-order valence-electron chi connectivity index (χ0n) is 8.59. The Bertz CT molecular complexity index is 453. The normalized spacial score (nSPS) is 18.6. The maximum atomic E-state index is 5.20. The molecule has 0 unspecified atom stereocenters. The minimum Gasteiger partial charge on any atom is -0.337 e. The minimum atomic E-state index is 0. The van der Waals surface area contributed by atoms with Crippen LogP contribution in [0.3, 0.4) is 0 Å². The van der Waals surface area contributed by atoms with Crippen molar-refractivity contribution in [2.75, 3.05) is 6.54 Å². The predicted octanol–water partition coefficient (Wildman–Crippen LogP) is 2.19. The molecule has 0 radical (unpaired) electrons. The molecule has 1 aliphatic heterocycles. The Hall–Kier alpha value is -1.39. The lowest BCUT2D eigenvalue weighted by Crippen LogP contribution is -2.35. The third-order valence-corrected chi connectivity index (χ3v) is 2.60. The number of nitrogens with zero attached hydrogens (tertiary/aromatic N) is 2. The second kappa shape index (κ2) is 4.63. The number of rotatable bonds is 2. The Kier molecular flexibility index (Phi) is 3.22. The first-order valence-corrected chi connectivity index (χ1v) is 5.06. The van der Waals surface area contributed by atoms with Crippen LogP contribution in [0.5, 0.6) is 0 Å². The molecule has 1 fully saturated rings. The lowest BCUT2D eigenvalue weighted by molar-refractivity contribution is 0.273. The Labute approximate surface area is 99.5 Å². The zero-order valence-corrected chi connectivity index (χ0v) is 9.41. The van der Waals surface area contributed by atoms with Gasteiger partial charge >= 0.3 is 0 Å². The molecule has 0 aliphatic carbocycles. The first-order chi connectivity index (χ1) is 7.43. The first-order valence-electron chi connectivity index (χ1n) is 5.06. The van der Waals surface area contributed by atoms with E-state index in [9.17, 15) is 0 Å². The van der Waals surface area contributed by atoms with Crippen LogP contribution in [0.1, 0.15) is 18.4 Å². The van der Waals surface area contributed by atoms with Gasteiger partial charge in [-0.25, -0.2) is 0 Å². The molecule has 1 N–H and O–H groups in total. The average molecular weight is 238 g/mol. The molecule has 16 heavy (non-hydrogen) atoms. The van der Waals surface area contributed by atoms with E-state index in [2.05, 4.69) is 15.5 Å². The van der Waals surface area contributed by atoms with Gasteiger partial charge in [0.1, 0.15) is 0 Å². The van der Waals surface area contributed by atoms with E-state index in [1.54, 1.807) is 0 Å². The van der Waals surface area contributed by atoms with Crippen LogP contribution in [0.25, 0.3) is 11.4 Å². The molecule has 0 saturated carbocycles. The van der Waals surface area contributed by atoms with E-state index in [0.29, 0.717) is 11.7 Å². The van der Waals surface area contributed by atoms with Crippen LogP contribution >= 0.6 is 12.4 Å². The fraction of sp³-hybridized carbons (Fsp3) is 0.273. The van der Waals surface area contributed by atoms with Gasteiger partial charge in [0.15, 0.2) is 0 Å². The number of aromatic nitrogens is 2. The summed E-state index contributed by atoms with van der Waals surface area (Å²) in [6.07, 6.45) is 1.08. The van der Waals surface area contributed by atoms with E-state index < -0.39 is 0 Å². The lowest BCUT2D eigenvalue weighted by atomic mass is 10.1. The molecular formula is C11H12ClN3O. The second-order valence-corrected chi connectivity index (χ2v) is 3.62. The molecule has 1 aromatic heterocycles. The van der Waals surface area contributed by atoms with Crippen molar-refractivity contribution in [2.24, 2.45) is 0 Å². The van der Waals surface area contributed by atoms with Crippen molar-refractivity contribution in [3.63, 3.8) is 0 Å². The molecule has 1 aromatic carbocycles. The Morgan fingerprint density at radius 2 is 2.00 bits per heavy atom. The first kappa shape index (κ1) is 11.1. The smallest absolute Gasteiger partial charge is 0.244 e. The van der Waals surface area contributed by atoms with Gasteiger partial charge in [-0.1, -0.05) is 35.5 Å². The molecule has 3 rings (SSSR count). The number of hydrogen-bond acceptors (Lipinski definition) is 4. The topological polar surface area (TPSA) is 51.0 Å². The SMILES string of the molecule is Cl.c1ccc(-c2noc([C@H]3CCN3)n2)cc1. The van der Waals surface area contributed by atoms with Gasteiger partial charge in [0.2, 0.25) is 11.7 Å². The Morgan fingerprint density at radius 3 is 2.62 bits per heavy atom. The highest BCUT2D eigenvalue weighted by atomic mass is 35.5. The molecule has 2 heterocycles. The van der Waals surface area contributed by atoms with Crippen molar-refractivity contribution in [1.29, 1.82) is 0 Å². The quantitative estimate of drug-likeness (QED) is 0.870. The third kappa shape index (κ3) is 1.94. The van der Waals surface area contributed by atoms with Crippen LogP contribution in [-0.2, 0) is 0 Å². The maximum Gasteiger partial charge on any atom is 0.244 e. The summed E-state index contributed by atoms with van der Waals surface area (Å²) in [5.41, 5.74) is 0.992.